The van der Waals surface area contributed by atoms with Gasteiger partial charge in [0.1, 0.15) is 0 Å². The number of aromatic nitrogens is 2. The van der Waals surface area contributed by atoms with E-state index in [2.05, 4.69) is 42.4 Å². The average Bonchev–Trinajstić information content (AvgIpc) is 2.64. The van der Waals surface area contributed by atoms with Crippen LogP contribution in [-0.2, 0) is 6.54 Å². The summed E-state index contributed by atoms with van der Waals surface area (Å²) in [6, 6.07) is 1.16. The van der Waals surface area contributed by atoms with Crippen molar-refractivity contribution in [1.29, 1.82) is 0 Å². The lowest BCUT2D eigenvalue weighted by molar-refractivity contribution is 0.216. The second-order valence-electron chi connectivity index (χ2n) is 5.67. The smallest absolute Gasteiger partial charge is 0.0534 e. The van der Waals surface area contributed by atoms with E-state index in [9.17, 15) is 0 Å². The first kappa shape index (κ1) is 16.5. The normalized spacial score (nSPS) is 20.4. The molecule has 1 N–H and O–H groups in total. The Kier molecular flexibility index (Phi) is 6.83. The van der Waals surface area contributed by atoms with E-state index < -0.39 is 0 Å². The predicted molar refractivity (Wildman–Crippen MR) is 81.8 cm³/mol. The van der Waals surface area contributed by atoms with Crippen molar-refractivity contribution in [2.24, 2.45) is 0 Å². The Morgan fingerprint density at radius 3 is 2.89 bits per heavy atom. The van der Waals surface area contributed by atoms with E-state index in [0.29, 0.717) is 12.1 Å². The third-order valence-corrected chi connectivity index (χ3v) is 3.78. The first-order valence-electron chi connectivity index (χ1n) is 7.11. The molecular weight excluding hydrogens is 260 g/mol. The number of nitrogens with one attached hydrogen (secondary N) is 1. The zero-order valence-corrected chi connectivity index (χ0v) is 13.1. The predicted octanol–water partition coefficient (Wildman–Crippen LogP) is 2.46. The highest BCUT2D eigenvalue weighted by molar-refractivity contribution is 5.85. The lowest BCUT2D eigenvalue weighted by Crippen LogP contribution is -2.31. The summed E-state index contributed by atoms with van der Waals surface area (Å²) in [5, 5.41) is 7.88. The van der Waals surface area contributed by atoms with Crippen LogP contribution in [0.25, 0.3) is 0 Å². The summed E-state index contributed by atoms with van der Waals surface area (Å²) in [5.74, 6) is 0. The molecule has 1 aliphatic heterocycles. The van der Waals surface area contributed by atoms with Crippen LogP contribution >= 0.6 is 12.4 Å². The Morgan fingerprint density at radius 1 is 1.42 bits per heavy atom. The summed E-state index contributed by atoms with van der Waals surface area (Å²) >= 11 is 0. The van der Waals surface area contributed by atoms with Crippen molar-refractivity contribution in [3.8, 4) is 0 Å². The Hall–Kier alpha value is -0.580. The maximum absolute atomic E-state index is 4.41. The fraction of sp³-hybridized carbons (Fsp3) is 0.786. The molecular formula is C14H27ClN4. The summed E-state index contributed by atoms with van der Waals surface area (Å²) in [4.78, 5) is 2.48. The molecule has 1 aliphatic rings. The lowest BCUT2D eigenvalue weighted by Gasteiger charge is -2.26. The molecule has 1 unspecified atom stereocenters. The molecule has 19 heavy (non-hydrogen) atoms. The van der Waals surface area contributed by atoms with E-state index in [1.165, 1.54) is 31.4 Å². The Labute approximate surface area is 123 Å². The molecule has 0 aromatic carbocycles. The van der Waals surface area contributed by atoms with Gasteiger partial charge in [0.15, 0.2) is 0 Å². The van der Waals surface area contributed by atoms with Gasteiger partial charge in [0.25, 0.3) is 0 Å². The van der Waals surface area contributed by atoms with Gasteiger partial charge in [-0.3, -0.25) is 9.58 Å². The zero-order valence-electron chi connectivity index (χ0n) is 12.3. The van der Waals surface area contributed by atoms with Crippen LogP contribution in [0.1, 0.15) is 44.7 Å². The van der Waals surface area contributed by atoms with Crippen LogP contribution in [0.15, 0.2) is 12.4 Å². The SMILES string of the molecule is CC(C)n1cc(CN(C)C2CCCNCC2)cn1.Cl. The van der Waals surface area contributed by atoms with Crippen LogP contribution in [0.4, 0.5) is 0 Å². The van der Waals surface area contributed by atoms with Crippen molar-refractivity contribution in [1.82, 2.24) is 20.0 Å². The first-order chi connectivity index (χ1) is 8.66. The number of rotatable bonds is 4. The summed E-state index contributed by atoms with van der Waals surface area (Å²) < 4.78 is 2.04. The first-order valence-corrected chi connectivity index (χ1v) is 7.11. The third kappa shape index (κ3) is 4.79. The van der Waals surface area contributed by atoms with Crippen molar-refractivity contribution >= 4 is 12.4 Å². The average molecular weight is 287 g/mol. The molecule has 0 saturated carbocycles. The van der Waals surface area contributed by atoms with Crippen molar-refractivity contribution in [2.75, 3.05) is 20.1 Å². The van der Waals surface area contributed by atoms with E-state index in [0.717, 1.165) is 13.1 Å². The Balaban J connectivity index is 0.00000180. The minimum atomic E-state index is 0. The van der Waals surface area contributed by atoms with Crippen LogP contribution in [0.3, 0.4) is 0 Å². The standard InChI is InChI=1S/C14H26N4.ClH/c1-12(2)18-11-13(9-16-18)10-17(3)14-5-4-7-15-8-6-14;/h9,11-12,14-15H,4-8,10H2,1-3H3;1H. The van der Waals surface area contributed by atoms with Crippen LogP contribution in [0.2, 0.25) is 0 Å². The number of hydrogen-bond donors (Lipinski definition) is 1. The third-order valence-electron chi connectivity index (χ3n) is 3.78. The van der Waals surface area contributed by atoms with Gasteiger partial charge in [0.2, 0.25) is 0 Å². The molecule has 2 rings (SSSR count). The second kappa shape index (κ2) is 7.88. The van der Waals surface area contributed by atoms with Gasteiger partial charge in [-0.2, -0.15) is 5.10 Å². The second-order valence-corrected chi connectivity index (χ2v) is 5.67. The topological polar surface area (TPSA) is 33.1 Å². The van der Waals surface area contributed by atoms with Gasteiger partial charge in [-0.25, -0.2) is 0 Å². The molecule has 0 spiro atoms. The van der Waals surface area contributed by atoms with Gasteiger partial charge in [0.05, 0.1) is 6.20 Å². The van der Waals surface area contributed by atoms with Gasteiger partial charge in [-0.1, -0.05) is 0 Å². The van der Waals surface area contributed by atoms with Crippen molar-refractivity contribution in [3.05, 3.63) is 18.0 Å². The van der Waals surface area contributed by atoms with Gasteiger partial charge in [-0.15, -0.1) is 12.4 Å². The highest BCUT2D eigenvalue weighted by Crippen LogP contribution is 2.15. The van der Waals surface area contributed by atoms with E-state index in [4.69, 9.17) is 0 Å². The zero-order chi connectivity index (χ0) is 13.0. The molecule has 2 heterocycles. The highest BCUT2D eigenvalue weighted by Gasteiger charge is 2.17. The Bertz CT molecular complexity index is 356. The maximum atomic E-state index is 4.41. The number of nitrogens with zero attached hydrogens (tertiary/aromatic N) is 3. The summed E-state index contributed by atoms with van der Waals surface area (Å²) in [6.07, 6.45) is 8.04. The number of hydrogen-bond acceptors (Lipinski definition) is 3. The molecule has 0 radical (unpaired) electrons. The number of halogens is 1. The van der Waals surface area contributed by atoms with E-state index in [-0.39, 0.29) is 12.4 Å². The monoisotopic (exact) mass is 286 g/mol. The van der Waals surface area contributed by atoms with Crippen molar-refractivity contribution in [3.63, 3.8) is 0 Å². The minimum absolute atomic E-state index is 0. The molecule has 110 valence electrons. The van der Waals surface area contributed by atoms with Gasteiger partial charge in [-0.05, 0) is 53.2 Å². The summed E-state index contributed by atoms with van der Waals surface area (Å²) in [6.45, 7) is 7.67. The molecule has 0 bridgehead atoms. The largest absolute Gasteiger partial charge is 0.317 e. The van der Waals surface area contributed by atoms with Gasteiger partial charge in [0, 0.05) is 30.4 Å². The van der Waals surface area contributed by atoms with Crippen LogP contribution in [0, 0.1) is 0 Å². The fourth-order valence-electron chi connectivity index (χ4n) is 2.60. The van der Waals surface area contributed by atoms with Crippen LogP contribution < -0.4 is 5.32 Å². The van der Waals surface area contributed by atoms with E-state index in [1.807, 2.05) is 10.9 Å². The summed E-state index contributed by atoms with van der Waals surface area (Å²) in [5.41, 5.74) is 1.32. The van der Waals surface area contributed by atoms with E-state index in [1.54, 1.807) is 0 Å². The highest BCUT2D eigenvalue weighted by atomic mass is 35.5. The van der Waals surface area contributed by atoms with E-state index >= 15 is 0 Å². The van der Waals surface area contributed by atoms with Crippen LogP contribution in [0.5, 0.6) is 0 Å². The molecule has 1 aromatic rings. The fourth-order valence-corrected chi connectivity index (χ4v) is 2.60. The van der Waals surface area contributed by atoms with Crippen molar-refractivity contribution in [2.45, 2.75) is 51.7 Å². The van der Waals surface area contributed by atoms with Gasteiger partial charge < -0.3 is 5.32 Å². The minimum Gasteiger partial charge on any atom is -0.317 e. The summed E-state index contributed by atoms with van der Waals surface area (Å²) in [7, 11) is 2.24. The molecule has 1 atom stereocenters. The lowest BCUT2D eigenvalue weighted by atomic mass is 10.1. The molecule has 5 heteroatoms. The Morgan fingerprint density at radius 2 is 2.21 bits per heavy atom. The maximum Gasteiger partial charge on any atom is 0.0534 e. The molecule has 1 aromatic heterocycles. The molecule has 1 saturated heterocycles. The molecule has 0 amide bonds. The quantitative estimate of drug-likeness (QED) is 0.923. The van der Waals surface area contributed by atoms with Gasteiger partial charge >= 0.3 is 0 Å². The molecule has 4 nitrogen and oxygen atoms in total. The molecule has 1 fully saturated rings. The molecule has 0 aliphatic carbocycles. The van der Waals surface area contributed by atoms with Crippen molar-refractivity contribution < 1.29 is 0 Å². The van der Waals surface area contributed by atoms with Crippen LogP contribution in [-0.4, -0.2) is 40.9 Å².